The quantitative estimate of drug-likeness (QED) is 0.775. The molecule has 0 radical (unpaired) electrons. The lowest BCUT2D eigenvalue weighted by atomic mass is 9.89. The zero-order chi connectivity index (χ0) is 14.3. The number of nitrogens with zero attached hydrogens (tertiary/aromatic N) is 2. The van der Waals surface area contributed by atoms with Gasteiger partial charge < -0.3 is 14.0 Å². The van der Waals surface area contributed by atoms with E-state index in [0.29, 0.717) is 11.6 Å². The Morgan fingerprint density at radius 2 is 1.74 bits per heavy atom. The molecule has 0 amide bonds. The molecule has 0 saturated carbocycles. The Balaban J connectivity index is 2.20. The predicted molar refractivity (Wildman–Crippen MR) is 73.5 cm³/mol. The summed E-state index contributed by atoms with van der Waals surface area (Å²) in [4.78, 5) is 8.56. The molecule has 1 aliphatic rings. The van der Waals surface area contributed by atoms with Gasteiger partial charge in [0.25, 0.3) is 0 Å². The van der Waals surface area contributed by atoms with Gasteiger partial charge in [0.2, 0.25) is 5.88 Å². The van der Waals surface area contributed by atoms with Gasteiger partial charge in [-0.3, -0.25) is 0 Å². The van der Waals surface area contributed by atoms with Gasteiger partial charge in [-0.05, 0) is 41.5 Å². The second-order valence-corrected chi connectivity index (χ2v) is 6.01. The third-order valence-electron chi connectivity index (χ3n) is 3.47. The van der Waals surface area contributed by atoms with E-state index in [-0.39, 0.29) is 6.10 Å². The first-order chi connectivity index (χ1) is 8.71. The maximum atomic E-state index is 5.91. The average molecular weight is 264 g/mol. The van der Waals surface area contributed by atoms with Crippen molar-refractivity contribution >= 4 is 12.8 Å². The molecule has 5 nitrogen and oxygen atoms in total. The van der Waals surface area contributed by atoms with Gasteiger partial charge >= 0.3 is 7.12 Å². The Morgan fingerprint density at radius 3 is 2.26 bits per heavy atom. The molecule has 0 unspecified atom stereocenters. The molecule has 0 aliphatic carbocycles. The molecular formula is C13H21BN2O3. The lowest BCUT2D eigenvalue weighted by Gasteiger charge is -2.32. The number of aromatic nitrogens is 2. The van der Waals surface area contributed by atoms with Gasteiger partial charge in [0.15, 0.2) is 5.72 Å². The van der Waals surface area contributed by atoms with Crippen molar-refractivity contribution in [3.63, 3.8) is 0 Å². The Labute approximate surface area is 114 Å². The van der Waals surface area contributed by atoms with Crippen LogP contribution in [0.15, 0.2) is 12.3 Å². The highest BCUT2D eigenvalue weighted by atomic mass is 16.7. The predicted octanol–water partition coefficient (Wildman–Crippen LogP) is 1.56. The van der Waals surface area contributed by atoms with Crippen molar-refractivity contribution < 1.29 is 14.0 Å². The minimum absolute atomic E-state index is 0.0704. The van der Waals surface area contributed by atoms with E-state index in [0.717, 1.165) is 0 Å². The van der Waals surface area contributed by atoms with Crippen LogP contribution in [0, 0.1) is 0 Å². The Bertz CT molecular complexity index is 447. The van der Waals surface area contributed by atoms with Crippen LogP contribution in [0.1, 0.15) is 41.5 Å². The van der Waals surface area contributed by atoms with E-state index >= 15 is 0 Å². The summed E-state index contributed by atoms with van der Waals surface area (Å²) in [5, 5.41) is 0. The first-order valence-electron chi connectivity index (χ1n) is 6.56. The molecule has 0 spiro atoms. The van der Waals surface area contributed by atoms with E-state index in [4.69, 9.17) is 14.0 Å². The molecule has 0 atom stereocenters. The first-order valence-corrected chi connectivity index (χ1v) is 6.56. The molecule has 19 heavy (non-hydrogen) atoms. The molecule has 1 fully saturated rings. The zero-order valence-electron chi connectivity index (χ0n) is 12.4. The zero-order valence-corrected chi connectivity index (χ0v) is 12.4. The molecule has 1 aliphatic heterocycles. The van der Waals surface area contributed by atoms with Crippen LogP contribution in [-0.4, -0.2) is 34.4 Å². The lowest BCUT2D eigenvalue weighted by Crippen LogP contribution is -2.41. The van der Waals surface area contributed by atoms with E-state index in [1.165, 1.54) is 0 Å². The normalized spacial score (nSPS) is 20.9. The second-order valence-electron chi connectivity index (χ2n) is 6.01. The Morgan fingerprint density at radius 1 is 1.16 bits per heavy atom. The van der Waals surface area contributed by atoms with Crippen molar-refractivity contribution in [1.82, 2.24) is 9.97 Å². The number of ether oxygens (including phenoxy) is 1. The molecule has 6 heteroatoms. The highest BCUT2D eigenvalue weighted by Crippen LogP contribution is 2.36. The topological polar surface area (TPSA) is 53.5 Å². The van der Waals surface area contributed by atoms with Crippen molar-refractivity contribution in [1.29, 1.82) is 0 Å². The molecule has 1 saturated heterocycles. The van der Waals surface area contributed by atoms with Crippen molar-refractivity contribution in [3.05, 3.63) is 12.3 Å². The van der Waals surface area contributed by atoms with Crippen molar-refractivity contribution in [3.8, 4) is 5.88 Å². The highest BCUT2D eigenvalue weighted by molar-refractivity contribution is 6.60. The van der Waals surface area contributed by atoms with Crippen LogP contribution in [-0.2, 0) is 9.31 Å². The van der Waals surface area contributed by atoms with Gasteiger partial charge in [0.05, 0.1) is 17.3 Å². The van der Waals surface area contributed by atoms with E-state index in [9.17, 15) is 0 Å². The van der Waals surface area contributed by atoms with Crippen LogP contribution < -0.4 is 10.5 Å². The number of hydrogen-bond acceptors (Lipinski definition) is 5. The fourth-order valence-electron chi connectivity index (χ4n) is 1.73. The van der Waals surface area contributed by atoms with Crippen LogP contribution in [0.5, 0.6) is 5.88 Å². The lowest BCUT2D eigenvalue weighted by molar-refractivity contribution is 0.00578. The second kappa shape index (κ2) is 4.76. The highest BCUT2D eigenvalue weighted by Gasteiger charge is 2.53. The van der Waals surface area contributed by atoms with Crippen LogP contribution >= 0.6 is 0 Å². The van der Waals surface area contributed by atoms with Crippen LogP contribution in [0.2, 0.25) is 0 Å². The Kier molecular flexibility index (Phi) is 3.58. The van der Waals surface area contributed by atoms with E-state index in [2.05, 4.69) is 9.97 Å². The van der Waals surface area contributed by atoms with Gasteiger partial charge in [-0.1, -0.05) is 0 Å². The summed E-state index contributed by atoms with van der Waals surface area (Å²) in [5.74, 6) is 0.537. The molecule has 2 rings (SSSR count). The standard InChI is InChI=1S/C13H21BN2O3/c1-9(2)17-10-7-8-15-11(16-10)14-18-12(3,4)13(5,6)19-14/h7-9H,1-6H3. The molecule has 0 bridgehead atoms. The Hall–Kier alpha value is -1.14. The summed E-state index contributed by atoms with van der Waals surface area (Å²) >= 11 is 0. The summed E-state index contributed by atoms with van der Waals surface area (Å²) in [5.41, 5.74) is -0.289. The SMILES string of the molecule is CC(C)Oc1ccnc(B2OC(C)(C)C(C)(C)O2)n1. The van der Waals surface area contributed by atoms with Crippen LogP contribution in [0.4, 0.5) is 0 Å². The van der Waals surface area contributed by atoms with E-state index < -0.39 is 18.3 Å². The third-order valence-corrected chi connectivity index (χ3v) is 3.47. The summed E-state index contributed by atoms with van der Waals surface area (Å²) in [6, 6.07) is 1.73. The monoisotopic (exact) mass is 264 g/mol. The fourth-order valence-corrected chi connectivity index (χ4v) is 1.73. The molecule has 0 N–H and O–H groups in total. The van der Waals surface area contributed by atoms with Crippen LogP contribution in [0.3, 0.4) is 0 Å². The summed E-state index contributed by atoms with van der Waals surface area (Å²) in [7, 11) is -0.555. The number of rotatable bonds is 3. The van der Waals surface area contributed by atoms with E-state index in [1.807, 2.05) is 41.5 Å². The van der Waals surface area contributed by atoms with Gasteiger partial charge in [-0.25, -0.2) is 9.97 Å². The minimum Gasteiger partial charge on any atom is -0.475 e. The summed E-state index contributed by atoms with van der Waals surface area (Å²) < 4.78 is 17.4. The summed E-state index contributed by atoms with van der Waals surface area (Å²) in [6.45, 7) is 11.9. The number of hydrogen-bond donors (Lipinski definition) is 0. The van der Waals surface area contributed by atoms with Crippen molar-refractivity contribution in [2.45, 2.75) is 58.8 Å². The maximum absolute atomic E-state index is 5.91. The van der Waals surface area contributed by atoms with Crippen molar-refractivity contribution in [2.75, 3.05) is 0 Å². The van der Waals surface area contributed by atoms with E-state index in [1.54, 1.807) is 12.3 Å². The molecule has 2 heterocycles. The maximum Gasteiger partial charge on any atom is 0.534 e. The van der Waals surface area contributed by atoms with Gasteiger partial charge in [-0.15, -0.1) is 0 Å². The van der Waals surface area contributed by atoms with Crippen LogP contribution in [0.25, 0.3) is 0 Å². The largest absolute Gasteiger partial charge is 0.534 e. The van der Waals surface area contributed by atoms with Gasteiger partial charge in [0.1, 0.15) is 0 Å². The first kappa shape index (κ1) is 14.3. The average Bonchev–Trinajstić information content (AvgIpc) is 2.47. The minimum atomic E-state index is -0.555. The molecule has 104 valence electrons. The summed E-state index contributed by atoms with van der Waals surface area (Å²) in [6.07, 6.45) is 1.73. The smallest absolute Gasteiger partial charge is 0.475 e. The molecule has 0 aromatic carbocycles. The fraction of sp³-hybridized carbons (Fsp3) is 0.692. The third kappa shape index (κ3) is 2.90. The van der Waals surface area contributed by atoms with Crippen molar-refractivity contribution in [2.24, 2.45) is 0 Å². The van der Waals surface area contributed by atoms with Gasteiger partial charge in [-0.2, -0.15) is 0 Å². The molecule has 1 aromatic rings. The molecular weight excluding hydrogens is 243 g/mol. The van der Waals surface area contributed by atoms with Gasteiger partial charge in [0, 0.05) is 12.3 Å². The molecule has 1 aromatic heterocycles.